The van der Waals surface area contributed by atoms with Crippen LogP contribution in [0.25, 0.3) is 0 Å². The molecule has 26 heavy (non-hydrogen) atoms. The second-order valence-corrected chi connectivity index (χ2v) is 7.28. The van der Waals surface area contributed by atoms with Crippen molar-refractivity contribution < 1.29 is 4.79 Å². The van der Waals surface area contributed by atoms with E-state index in [0.29, 0.717) is 0 Å². The van der Waals surface area contributed by atoms with Crippen molar-refractivity contribution >= 4 is 11.7 Å². The number of nitrogens with zero attached hydrogens (tertiary/aromatic N) is 4. The average Bonchev–Trinajstić information content (AvgIpc) is 2.72. The highest BCUT2D eigenvalue weighted by molar-refractivity contribution is 5.99. The Morgan fingerprint density at radius 1 is 1.08 bits per heavy atom. The summed E-state index contributed by atoms with van der Waals surface area (Å²) in [7, 11) is 0. The van der Waals surface area contributed by atoms with Crippen molar-refractivity contribution in [2.45, 2.75) is 39.0 Å². The third kappa shape index (κ3) is 4.85. The quantitative estimate of drug-likeness (QED) is 0.734. The molecule has 3 rings (SSSR count). The summed E-state index contributed by atoms with van der Waals surface area (Å²) >= 11 is 0. The highest BCUT2D eigenvalue weighted by atomic mass is 16.2. The monoisotopic (exact) mass is 356 g/mol. The zero-order valence-electron chi connectivity index (χ0n) is 16.1. The minimum atomic E-state index is 0.151. The van der Waals surface area contributed by atoms with E-state index in [4.69, 9.17) is 0 Å². The summed E-state index contributed by atoms with van der Waals surface area (Å²) in [6.07, 6.45) is 12.2. The lowest BCUT2D eigenvalue weighted by Crippen LogP contribution is -2.47. The van der Waals surface area contributed by atoms with E-state index in [9.17, 15) is 4.79 Å². The van der Waals surface area contributed by atoms with Gasteiger partial charge in [0.2, 0.25) is 0 Å². The maximum atomic E-state index is 13.0. The Morgan fingerprint density at radius 3 is 2.58 bits per heavy atom. The molecule has 5 heteroatoms. The van der Waals surface area contributed by atoms with Gasteiger partial charge >= 0.3 is 0 Å². The van der Waals surface area contributed by atoms with Gasteiger partial charge in [-0.05, 0) is 37.8 Å². The summed E-state index contributed by atoms with van der Waals surface area (Å²) in [5.41, 5.74) is 0.769. The van der Waals surface area contributed by atoms with E-state index in [1.165, 1.54) is 12.8 Å². The Labute approximate surface area is 157 Å². The molecule has 0 aliphatic carbocycles. The van der Waals surface area contributed by atoms with E-state index < -0.39 is 0 Å². The largest absolute Gasteiger partial charge is 0.353 e. The predicted octanol–water partition coefficient (Wildman–Crippen LogP) is 3.19. The molecule has 142 valence electrons. The Morgan fingerprint density at radius 2 is 1.85 bits per heavy atom. The Hall–Kier alpha value is -1.88. The van der Waals surface area contributed by atoms with Gasteiger partial charge in [0.15, 0.2) is 0 Å². The zero-order valence-corrected chi connectivity index (χ0v) is 16.1. The number of anilines is 1. The third-order valence-electron chi connectivity index (χ3n) is 5.32. The number of pyridine rings is 1. The standard InChI is InChI=1S/C21H32N4O/c1-2-3-4-6-12-23-15-17-24(18-16-23)20-19(10-9-11-22-20)21(26)25-13-7-5-8-14-25/h4,6,9-11H,2-3,5,7-8,12-18H2,1H3/b6-4+. The lowest BCUT2D eigenvalue weighted by atomic mass is 10.1. The molecular formula is C21H32N4O. The van der Waals surface area contributed by atoms with E-state index in [2.05, 4.69) is 33.9 Å². The van der Waals surface area contributed by atoms with Crippen LogP contribution >= 0.6 is 0 Å². The highest BCUT2D eigenvalue weighted by Gasteiger charge is 2.25. The van der Waals surface area contributed by atoms with E-state index >= 15 is 0 Å². The van der Waals surface area contributed by atoms with Gasteiger partial charge in [0.1, 0.15) is 5.82 Å². The SMILES string of the molecule is CCC/C=C/CN1CCN(c2ncccc2C(=O)N2CCCCC2)CC1. The van der Waals surface area contributed by atoms with Crippen LogP contribution < -0.4 is 4.90 Å². The minimum Gasteiger partial charge on any atom is -0.353 e. The predicted molar refractivity (Wildman–Crippen MR) is 107 cm³/mol. The van der Waals surface area contributed by atoms with Crippen molar-refractivity contribution in [3.8, 4) is 0 Å². The van der Waals surface area contributed by atoms with Crippen molar-refractivity contribution in [2.24, 2.45) is 0 Å². The fourth-order valence-electron chi connectivity index (χ4n) is 3.73. The normalized spacial score (nSPS) is 19.3. The van der Waals surface area contributed by atoms with Gasteiger partial charge in [-0.15, -0.1) is 0 Å². The number of carbonyl (C=O) groups excluding carboxylic acids is 1. The second-order valence-electron chi connectivity index (χ2n) is 7.28. The average molecular weight is 357 g/mol. The topological polar surface area (TPSA) is 39.7 Å². The lowest BCUT2D eigenvalue weighted by Gasteiger charge is -2.36. The molecule has 1 aromatic rings. The summed E-state index contributed by atoms with van der Waals surface area (Å²) in [6, 6.07) is 3.83. The smallest absolute Gasteiger partial charge is 0.257 e. The Kier molecular flexibility index (Phi) is 7.06. The Bertz CT molecular complexity index is 602. The van der Waals surface area contributed by atoms with E-state index in [1.54, 1.807) is 0 Å². The van der Waals surface area contributed by atoms with Crippen LogP contribution in [0, 0.1) is 0 Å². The molecule has 0 N–H and O–H groups in total. The van der Waals surface area contributed by atoms with E-state index in [-0.39, 0.29) is 5.91 Å². The van der Waals surface area contributed by atoms with Gasteiger partial charge in [-0.1, -0.05) is 25.5 Å². The van der Waals surface area contributed by atoms with Crippen molar-refractivity contribution in [3.63, 3.8) is 0 Å². The van der Waals surface area contributed by atoms with Crippen LogP contribution in [0.3, 0.4) is 0 Å². The van der Waals surface area contributed by atoms with Crippen LogP contribution in [0.4, 0.5) is 5.82 Å². The first-order valence-electron chi connectivity index (χ1n) is 10.2. The number of piperazine rings is 1. The first-order chi connectivity index (χ1) is 12.8. The zero-order chi connectivity index (χ0) is 18.2. The summed E-state index contributed by atoms with van der Waals surface area (Å²) in [5.74, 6) is 1.02. The molecule has 0 saturated carbocycles. The summed E-state index contributed by atoms with van der Waals surface area (Å²) in [6.45, 7) is 8.89. The van der Waals surface area contributed by atoms with Gasteiger partial charge in [-0.3, -0.25) is 9.69 Å². The third-order valence-corrected chi connectivity index (χ3v) is 5.32. The van der Waals surface area contributed by atoms with Gasteiger partial charge < -0.3 is 9.80 Å². The van der Waals surface area contributed by atoms with E-state index in [0.717, 1.165) is 76.5 Å². The van der Waals surface area contributed by atoms with Crippen LogP contribution in [0.2, 0.25) is 0 Å². The molecule has 2 aliphatic heterocycles. The molecule has 0 bridgehead atoms. The number of piperidine rings is 1. The van der Waals surface area contributed by atoms with Gasteiger partial charge in [-0.2, -0.15) is 0 Å². The summed E-state index contributed by atoms with van der Waals surface area (Å²) in [4.78, 5) is 24.3. The van der Waals surface area contributed by atoms with Crippen molar-refractivity contribution in [2.75, 3.05) is 50.7 Å². The molecular weight excluding hydrogens is 324 g/mol. The molecule has 0 aromatic carbocycles. The maximum absolute atomic E-state index is 13.0. The van der Waals surface area contributed by atoms with Crippen molar-refractivity contribution in [3.05, 3.63) is 36.0 Å². The van der Waals surface area contributed by atoms with Crippen LogP contribution in [-0.2, 0) is 0 Å². The van der Waals surface area contributed by atoms with Crippen LogP contribution in [0.15, 0.2) is 30.5 Å². The first-order valence-corrected chi connectivity index (χ1v) is 10.2. The summed E-state index contributed by atoms with van der Waals surface area (Å²) in [5, 5.41) is 0. The number of likely N-dealkylation sites (tertiary alicyclic amines) is 1. The molecule has 0 atom stereocenters. The van der Waals surface area contributed by atoms with Crippen LogP contribution in [-0.4, -0.2) is 66.5 Å². The van der Waals surface area contributed by atoms with Gasteiger partial charge in [0.25, 0.3) is 5.91 Å². The van der Waals surface area contributed by atoms with Gasteiger partial charge in [-0.25, -0.2) is 4.98 Å². The first kappa shape index (κ1) is 18.9. The molecule has 5 nitrogen and oxygen atoms in total. The molecule has 2 fully saturated rings. The lowest BCUT2D eigenvalue weighted by molar-refractivity contribution is 0.0724. The molecule has 0 spiro atoms. The molecule has 1 aromatic heterocycles. The fraction of sp³-hybridized carbons (Fsp3) is 0.619. The van der Waals surface area contributed by atoms with Crippen molar-refractivity contribution in [1.82, 2.24) is 14.8 Å². The minimum absolute atomic E-state index is 0.151. The summed E-state index contributed by atoms with van der Waals surface area (Å²) < 4.78 is 0. The highest BCUT2D eigenvalue weighted by Crippen LogP contribution is 2.22. The number of amides is 1. The molecule has 2 aliphatic rings. The van der Waals surface area contributed by atoms with Crippen LogP contribution in [0.5, 0.6) is 0 Å². The number of hydrogen-bond acceptors (Lipinski definition) is 4. The molecule has 0 unspecified atom stereocenters. The molecule has 0 radical (unpaired) electrons. The molecule has 2 saturated heterocycles. The number of aromatic nitrogens is 1. The number of allylic oxidation sites excluding steroid dienone is 1. The number of hydrogen-bond donors (Lipinski definition) is 0. The van der Waals surface area contributed by atoms with Gasteiger partial charge in [0, 0.05) is 52.0 Å². The number of carbonyl (C=O) groups is 1. The maximum Gasteiger partial charge on any atom is 0.257 e. The number of rotatable bonds is 6. The van der Waals surface area contributed by atoms with Crippen LogP contribution in [0.1, 0.15) is 49.4 Å². The number of unbranched alkanes of at least 4 members (excludes halogenated alkanes) is 1. The fourth-order valence-corrected chi connectivity index (χ4v) is 3.73. The molecule has 3 heterocycles. The molecule has 1 amide bonds. The van der Waals surface area contributed by atoms with Crippen molar-refractivity contribution in [1.29, 1.82) is 0 Å². The van der Waals surface area contributed by atoms with Gasteiger partial charge in [0.05, 0.1) is 5.56 Å². The van der Waals surface area contributed by atoms with E-state index in [1.807, 2.05) is 23.2 Å². The second kappa shape index (κ2) is 9.72. The Balaban J connectivity index is 1.61.